The molecule has 0 saturated carbocycles. The molecular weight excluding hydrogens is 248 g/mol. The Morgan fingerprint density at radius 1 is 1.00 bits per heavy atom. The molecule has 0 bridgehead atoms. The first kappa shape index (κ1) is 11.1. The SMILES string of the molecule is Cc1c2c(Nc3cccnc3)[nH][nH]c-2c2ccccc12. The van der Waals surface area contributed by atoms with Crippen LogP contribution in [-0.2, 0) is 0 Å². The molecule has 1 aromatic carbocycles. The monoisotopic (exact) mass is 262 g/mol. The van der Waals surface area contributed by atoms with E-state index in [1.54, 1.807) is 6.20 Å². The molecule has 0 unspecified atom stereocenters. The van der Waals surface area contributed by atoms with Crippen molar-refractivity contribution in [3.05, 3.63) is 54.4 Å². The third-order valence-electron chi connectivity index (χ3n) is 3.72. The fourth-order valence-corrected chi connectivity index (χ4v) is 2.79. The van der Waals surface area contributed by atoms with Crippen LogP contribution in [0.4, 0.5) is 11.5 Å². The summed E-state index contributed by atoms with van der Waals surface area (Å²) in [4.78, 5) is 4.12. The van der Waals surface area contributed by atoms with Crippen molar-refractivity contribution < 1.29 is 0 Å². The number of benzene rings is 1. The Morgan fingerprint density at radius 2 is 1.85 bits per heavy atom. The molecule has 0 saturated heterocycles. The van der Waals surface area contributed by atoms with Crippen molar-refractivity contribution in [1.29, 1.82) is 0 Å². The van der Waals surface area contributed by atoms with Crippen molar-refractivity contribution in [1.82, 2.24) is 15.2 Å². The van der Waals surface area contributed by atoms with Gasteiger partial charge in [-0.3, -0.25) is 15.2 Å². The van der Waals surface area contributed by atoms with Gasteiger partial charge in [0.2, 0.25) is 0 Å². The van der Waals surface area contributed by atoms with E-state index in [0.29, 0.717) is 0 Å². The van der Waals surface area contributed by atoms with E-state index in [4.69, 9.17) is 0 Å². The van der Waals surface area contributed by atoms with Gasteiger partial charge in [-0.1, -0.05) is 24.3 Å². The van der Waals surface area contributed by atoms with Gasteiger partial charge in [0, 0.05) is 17.1 Å². The second kappa shape index (κ2) is 4.13. The highest BCUT2D eigenvalue weighted by Gasteiger charge is 2.20. The van der Waals surface area contributed by atoms with Gasteiger partial charge >= 0.3 is 0 Å². The van der Waals surface area contributed by atoms with Gasteiger partial charge in [0.05, 0.1) is 17.6 Å². The molecule has 0 atom stereocenters. The number of nitrogens with one attached hydrogen (secondary N) is 3. The summed E-state index contributed by atoms with van der Waals surface area (Å²) in [6.45, 7) is 2.15. The summed E-state index contributed by atoms with van der Waals surface area (Å²) in [7, 11) is 0. The number of aryl methyl sites for hydroxylation is 1. The number of rotatable bonds is 2. The molecule has 4 heteroatoms. The number of aromatic amines is 2. The Bertz CT molecular complexity index is 842. The van der Waals surface area contributed by atoms with Crippen LogP contribution >= 0.6 is 0 Å². The highest BCUT2D eigenvalue weighted by Crippen LogP contribution is 2.41. The second-order valence-corrected chi connectivity index (χ2v) is 4.91. The van der Waals surface area contributed by atoms with Crippen molar-refractivity contribution in [3.63, 3.8) is 0 Å². The number of hydrogen-bond acceptors (Lipinski definition) is 2. The van der Waals surface area contributed by atoms with Crippen molar-refractivity contribution in [2.75, 3.05) is 5.32 Å². The molecule has 98 valence electrons. The maximum absolute atomic E-state index is 4.12. The quantitative estimate of drug-likeness (QED) is 0.510. The first-order valence-electron chi connectivity index (χ1n) is 6.59. The summed E-state index contributed by atoms with van der Waals surface area (Å²) in [6, 6.07) is 12.4. The molecular formula is C16H14N4. The number of nitrogens with zero attached hydrogens (tertiary/aromatic N) is 1. The molecule has 2 heterocycles. The van der Waals surface area contributed by atoms with Crippen LogP contribution in [0.15, 0.2) is 48.8 Å². The normalized spacial score (nSPS) is 11.2. The largest absolute Gasteiger partial charge is 0.339 e. The third kappa shape index (κ3) is 1.51. The topological polar surface area (TPSA) is 56.5 Å². The molecule has 4 rings (SSSR count). The van der Waals surface area contributed by atoms with E-state index < -0.39 is 0 Å². The number of aromatic nitrogens is 3. The van der Waals surface area contributed by atoms with Gasteiger partial charge < -0.3 is 5.32 Å². The Balaban J connectivity index is 1.88. The molecule has 2 aromatic rings. The highest BCUT2D eigenvalue weighted by atomic mass is 15.2. The van der Waals surface area contributed by atoms with Gasteiger partial charge in [-0.25, -0.2) is 0 Å². The molecule has 1 aromatic heterocycles. The lowest BCUT2D eigenvalue weighted by Gasteiger charge is -2.04. The number of hydrogen-bond donors (Lipinski definition) is 3. The lowest BCUT2D eigenvalue weighted by molar-refractivity contribution is 1.11. The van der Waals surface area contributed by atoms with Crippen molar-refractivity contribution in [2.45, 2.75) is 6.92 Å². The Morgan fingerprint density at radius 3 is 2.65 bits per heavy atom. The van der Waals surface area contributed by atoms with Gasteiger partial charge in [0.1, 0.15) is 5.82 Å². The van der Waals surface area contributed by atoms with Crippen molar-refractivity contribution in [3.8, 4) is 11.3 Å². The summed E-state index contributed by atoms with van der Waals surface area (Å²) in [5.41, 5.74) is 4.59. The van der Waals surface area contributed by atoms with E-state index >= 15 is 0 Å². The summed E-state index contributed by atoms with van der Waals surface area (Å²) in [6.07, 6.45) is 3.58. The van der Waals surface area contributed by atoms with Crippen molar-refractivity contribution >= 4 is 22.3 Å². The summed E-state index contributed by atoms with van der Waals surface area (Å²) in [5, 5.41) is 12.4. The zero-order chi connectivity index (χ0) is 13.5. The van der Waals surface area contributed by atoms with Gasteiger partial charge in [0.25, 0.3) is 0 Å². The minimum atomic E-state index is 0.967. The Hall–Kier alpha value is -2.75. The zero-order valence-electron chi connectivity index (χ0n) is 11.1. The van der Waals surface area contributed by atoms with Crippen molar-refractivity contribution in [2.24, 2.45) is 0 Å². The van der Waals surface area contributed by atoms with Gasteiger partial charge in [-0.05, 0) is 30.0 Å². The summed E-state index contributed by atoms with van der Waals surface area (Å²) in [5.74, 6) is 0.974. The number of pyridine rings is 1. The van der Waals surface area contributed by atoms with E-state index in [1.807, 2.05) is 18.3 Å². The highest BCUT2D eigenvalue weighted by molar-refractivity contribution is 6.07. The average molecular weight is 262 g/mol. The maximum Gasteiger partial charge on any atom is 0.132 e. The van der Waals surface area contributed by atoms with E-state index in [1.165, 1.54) is 21.9 Å². The van der Waals surface area contributed by atoms with Crippen LogP contribution in [0.25, 0.3) is 22.0 Å². The molecule has 0 fully saturated rings. The lowest BCUT2D eigenvalue weighted by Crippen LogP contribution is -1.92. The molecule has 0 radical (unpaired) electrons. The maximum atomic E-state index is 4.12. The first-order chi connectivity index (χ1) is 9.84. The fourth-order valence-electron chi connectivity index (χ4n) is 2.79. The van der Waals surface area contributed by atoms with Crippen LogP contribution in [0.5, 0.6) is 0 Å². The average Bonchev–Trinajstić information content (AvgIpc) is 3.02. The standard InChI is InChI=1S/C16H14N4/c1-10-12-6-2-3-7-13(12)15-14(10)16(20-19-15)18-11-5-4-8-17-9-11/h2-9,18-20H,1H3. The lowest BCUT2D eigenvalue weighted by atomic mass is 10.1. The molecule has 1 aliphatic carbocycles. The minimum absolute atomic E-state index is 0.967. The number of H-pyrrole nitrogens is 2. The molecule has 0 amide bonds. The molecule has 2 aliphatic rings. The Labute approximate surface area is 116 Å². The molecule has 20 heavy (non-hydrogen) atoms. The van der Waals surface area contributed by atoms with Gasteiger partial charge in [0.15, 0.2) is 0 Å². The van der Waals surface area contributed by atoms with Crippen LogP contribution in [0.3, 0.4) is 0 Å². The number of anilines is 2. The van der Waals surface area contributed by atoms with Crippen LogP contribution < -0.4 is 5.32 Å². The minimum Gasteiger partial charge on any atom is -0.339 e. The van der Waals surface area contributed by atoms with E-state index in [9.17, 15) is 0 Å². The van der Waals surface area contributed by atoms with Crippen LogP contribution in [0.2, 0.25) is 0 Å². The molecule has 4 nitrogen and oxygen atoms in total. The van der Waals surface area contributed by atoms with Crippen LogP contribution in [0.1, 0.15) is 5.56 Å². The van der Waals surface area contributed by atoms with Gasteiger partial charge in [-0.15, -0.1) is 0 Å². The predicted molar refractivity (Wildman–Crippen MR) is 81.5 cm³/mol. The second-order valence-electron chi connectivity index (χ2n) is 4.91. The zero-order valence-corrected chi connectivity index (χ0v) is 11.1. The van der Waals surface area contributed by atoms with E-state index in [-0.39, 0.29) is 0 Å². The Kier molecular flexibility index (Phi) is 2.29. The fraction of sp³-hybridized carbons (Fsp3) is 0.0625. The first-order valence-corrected chi connectivity index (χ1v) is 6.59. The summed E-state index contributed by atoms with van der Waals surface area (Å²) >= 11 is 0. The van der Waals surface area contributed by atoms with E-state index in [0.717, 1.165) is 17.2 Å². The molecule has 3 N–H and O–H groups in total. The van der Waals surface area contributed by atoms with Crippen LogP contribution in [-0.4, -0.2) is 15.2 Å². The third-order valence-corrected chi connectivity index (χ3v) is 3.72. The number of fused-ring (bicyclic) bond motifs is 3. The predicted octanol–water partition coefficient (Wildman–Crippen LogP) is 4.05. The molecule has 1 aliphatic heterocycles. The summed E-state index contributed by atoms with van der Waals surface area (Å²) < 4.78 is 0. The van der Waals surface area contributed by atoms with E-state index in [2.05, 4.69) is 51.7 Å². The van der Waals surface area contributed by atoms with Crippen LogP contribution in [0, 0.1) is 6.92 Å². The van der Waals surface area contributed by atoms with Gasteiger partial charge in [-0.2, -0.15) is 0 Å². The molecule has 0 spiro atoms. The smallest absolute Gasteiger partial charge is 0.132 e.